The monoisotopic (exact) mass is 323 g/mol. The zero-order valence-corrected chi connectivity index (χ0v) is 14.2. The first-order valence-corrected chi connectivity index (χ1v) is 9.04. The van der Waals surface area contributed by atoms with Gasteiger partial charge in [-0.3, -0.25) is 0 Å². The van der Waals surface area contributed by atoms with Crippen LogP contribution in [-0.2, 0) is 12.0 Å². The van der Waals surface area contributed by atoms with Gasteiger partial charge in [0.1, 0.15) is 0 Å². The molecule has 0 atom stereocenters. The first-order valence-electron chi connectivity index (χ1n) is 9.04. The molecule has 2 aliphatic rings. The van der Waals surface area contributed by atoms with Crippen LogP contribution in [0.1, 0.15) is 23.1 Å². The van der Waals surface area contributed by atoms with Crippen LogP contribution in [0.15, 0.2) is 91.1 Å². The third-order valence-electron chi connectivity index (χ3n) is 5.70. The summed E-state index contributed by atoms with van der Waals surface area (Å²) in [6.07, 6.45) is 5.88. The number of fused-ring (bicyclic) bond motifs is 5. The summed E-state index contributed by atoms with van der Waals surface area (Å²) in [5.41, 5.74) is 7.15. The highest BCUT2D eigenvalue weighted by molar-refractivity contribution is 5.82. The molecule has 0 radical (unpaired) electrons. The lowest BCUT2D eigenvalue weighted by Crippen LogP contribution is -2.34. The molecular formula is C24H21N. The molecule has 0 unspecified atom stereocenters. The number of hydrogen-bond donors (Lipinski definition) is 0. The van der Waals surface area contributed by atoms with Gasteiger partial charge < -0.3 is 4.90 Å². The van der Waals surface area contributed by atoms with Gasteiger partial charge in [-0.1, -0.05) is 84.9 Å². The lowest BCUT2D eigenvalue weighted by atomic mass is 9.74. The third kappa shape index (κ3) is 2.23. The molecule has 0 aromatic heterocycles. The van der Waals surface area contributed by atoms with Gasteiger partial charge in [0, 0.05) is 18.5 Å². The predicted molar refractivity (Wildman–Crippen MR) is 103 cm³/mol. The van der Waals surface area contributed by atoms with Crippen LogP contribution >= 0.6 is 0 Å². The molecule has 3 aromatic carbocycles. The summed E-state index contributed by atoms with van der Waals surface area (Å²) in [6.45, 7) is 2.06. The smallest absolute Gasteiger partial charge is 0.0427 e. The molecule has 122 valence electrons. The van der Waals surface area contributed by atoms with E-state index in [4.69, 9.17) is 0 Å². The van der Waals surface area contributed by atoms with Gasteiger partial charge in [-0.05, 0) is 40.4 Å². The maximum absolute atomic E-state index is 2.43. The zero-order valence-electron chi connectivity index (χ0n) is 14.2. The van der Waals surface area contributed by atoms with E-state index in [2.05, 4.69) is 96.0 Å². The van der Waals surface area contributed by atoms with Crippen molar-refractivity contribution in [2.24, 2.45) is 0 Å². The molecular weight excluding hydrogens is 302 g/mol. The van der Waals surface area contributed by atoms with Gasteiger partial charge in [0.15, 0.2) is 0 Å². The molecule has 0 saturated heterocycles. The summed E-state index contributed by atoms with van der Waals surface area (Å²) in [5.74, 6) is 0. The summed E-state index contributed by atoms with van der Waals surface area (Å²) < 4.78 is 0. The Balaban J connectivity index is 1.54. The highest BCUT2D eigenvalue weighted by Crippen LogP contribution is 2.52. The van der Waals surface area contributed by atoms with Gasteiger partial charge in [-0.25, -0.2) is 0 Å². The van der Waals surface area contributed by atoms with Gasteiger partial charge in [0.05, 0.1) is 0 Å². The lowest BCUT2D eigenvalue weighted by Gasteiger charge is -2.36. The van der Waals surface area contributed by atoms with Crippen LogP contribution in [0.4, 0.5) is 0 Å². The molecule has 1 aliphatic carbocycles. The van der Waals surface area contributed by atoms with Crippen LogP contribution in [0.3, 0.4) is 0 Å². The maximum Gasteiger partial charge on any atom is 0.0427 e. The lowest BCUT2D eigenvalue weighted by molar-refractivity contribution is 0.314. The molecule has 0 fully saturated rings. The Kier molecular flexibility index (Phi) is 3.27. The fourth-order valence-electron chi connectivity index (χ4n) is 4.47. The Bertz CT molecular complexity index is 894. The molecule has 0 bridgehead atoms. The van der Waals surface area contributed by atoms with Crippen LogP contribution in [0.2, 0.25) is 0 Å². The molecule has 5 rings (SSSR count). The highest BCUT2D eigenvalue weighted by atomic mass is 15.1. The second-order valence-electron chi connectivity index (χ2n) is 7.08. The third-order valence-corrected chi connectivity index (χ3v) is 5.70. The van der Waals surface area contributed by atoms with E-state index < -0.39 is 0 Å². The molecule has 1 aliphatic heterocycles. The van der Waals surface area contributed by atoms with Crippen molar-refractivity contribution in [1.82, 2.24) is 4.90 Å². The highest BCUT2D eigenvalue weighted by Gasteiger charge is 2.42. The van der Waals surface area contributed by atoms with Crippen molar-refractivity contribution in [3.05, 3.63) is 108 Å². The van der Waals surface area contributed by atoms with Gasteiger partial charge in [-0.15, -0.1) is 0 Å². The normalized spacial score (nSPS) is 16.7. The molecule has 3 aromatic rings. The Hall–Kier alpha value is -2.80. The van der Waals surface area contributed by atoms with Gasteiger partial charge in [0.25, 0.3) is 0 Å². The fraction of sp³-hybridized carbons (Fsp3) is 0.167. The number of allylic oxidation sites excluding steroid dienone is 1. The van der Waals surface area contributed by atoms with Gasteiger partial charge >= 0.3 is 0 Å². The molecule has 0 amide bonds. The Labute approximate surface area is 149 Å². The fourth-order valence-corrected chi connectivity index (χ4v) is 4.47. The molecule has 0 saturated carbocycles. The summed E-state index contributed by atoms with van der Waals surface area (Å²) in [6, 6.07) is 28.6. The SMILES string of the molecule is C1=CC2(CCN1Cc1ccccc1)c1ccccc1-c1ccccc12. The van der Waals surface area contributed by atoms with Crippen LogP contribution in [0.25, 0.3) is 11.1 Å². The van der Waals surface area contributed by atoms with Crippen LogP contribution in [-0.4, -0.2) is 11.4 Å². The summed E-state index contributed by atoms with van der Waals surface area (Å²) >= 11 is 0. The van der Waals surface area contributed by atoms with Crippen LogP contribution in [0, 0.1) is 0 Å². The van der Waals surface area contributed by atoms with E-state index in [0.717, 1.165) is 19.5 Å². The molecule has 1 heteroatoms. The molecule has 25 heavy (non-hydrogen) atoms. The van der Waals surface area contributed by atoms with E-state index >= 15 is 0 Å². The van der Waals surface area contributed by atoms with E-state index in [-0.39, 0.29) is 5.41 Å². The minimum atomic E-state index is 0.0420. The van der Waals surface area contributed by atoms with Crippen molar-refractivity contribution < 1.29 is 0 Å². The summed E-state index contributed by atoms with van der Waals surface area (Å²) in [4.78, 5) is 2.43. The summed E-state index contributed by atoms with van der Waals surface area (Å²) in [5, 5.41) is 0. The van der Waals surface area contributed by atoms with E-state index in [1.165, 1.54) is 27.8 Å². The van der Waals surface area contributed by atoms with E-state index in [9.17, 15) is 0 Å². The van der Waals surface area contributed by atoms with E-state index in [1.807, 2.05) is 0 Å². The van der Waals surface area contributed by atoms with Gasteiger partial charge in [0.2, 0.25) is 0 Å². The average molecular weight is 323 g/mol. The molecule has 1 heterocycles. The van der Waals surface area contributed by atoms with Crippen LogP contribution in [0.5, 0.6) is 0 Å². The Morgan fingerprint density at radius 3 is 1.92 bits per heavy atom. The van der Waals surface area contributed by atoms with Crippen molar-refractivity contribution in [3.8, 4) is 11.1 Å². The average Bonchev–Trinajstić information content (AvgIpc) is 2.95. The quantitative estimate of drug-likeness (QED) is 0.612. The topological polar surface area (TPSA) is 3.24 Å². The number of rotatable bonds is 2. The second kappa shape index (κ2) is 5.63. The molecule has 0 N–H and O–H groups in total. The second-order valence-corrected chi connectivity index (χ2v) is 7.08. The maximum atomic E-state index is 2.43. The molecule has 1 spiro atoms. The zero-order chi connectivity index (χ0) is 16.7. The van der Waals surface area contributed by atoms with Gasteiger partial charge in [-0.2, -0.15) is 0 Å². The molecule has 1 nitrogen and oxygen atoms in total. The van der Waals surface area contributed by atoms with Crippen molar-refractivity contribution in [2.75, 3.05) is 6.54 Å². The predicted octanol–water partition coefficient (Wildman–Crippen LogP) is 5.37. The minimum Gasteiger partial charge on any atom is -0.373 e. The summed E-state index contributed by atoms with van der Waals surface area (Å²) in [7, 11) is 0. The number of benzene rings is 3. The Morgan fingerprint density at radius 2 is 1.32 bits per heavy atom. The van der Waals surface area contributed by atoms with Crippen molar-refractivity contribution >= 4 is 0 Å². The van der Waals surface area contributed by atoms with E-state index in [0.29, 0.717) is 0 Å². The standard InChI is InChI=1S/C24H21N/c1-2-8-19(9-3-1)18-25-16-14-24(15-17-25)22-12-6-4-10-20(22)21-11-5-7-13-23(21)24/h1-14,16H,15,17-18H2. The first-order chi connectivity index (χ1) is 12.4. The van der Waals surface area contributed by atoms with E-state index in [1.54, 1.807) is 0 Å². The number of hydrogen-bond acceptors (Lipinski definition) is 1. The first kappa shape index (κ1) is 14.5. The van der Waals surface area contributed by atoms with Crippen molar-refractivity contribution in [2.45, 2.75) is 18.4 Å². The van der Waals surface area contributed by atoms with Crippen molar-refractivity contribution in [1.29, 1.82) is 0 Å². The van der Waals surface area contributed by atoms with Crippen LogP contribution < -0.4 is 0 Å². The number of nitrogens with zero attached hydrogens (tertiary/aromatic N) is 1. The minimum absolute atomic E-state index is 0.0420. The van der Waals surface area contributed by atoms with Crippen molar-refractivity contribution in [3.63, 3.8) is 0 Å². The Morgan fingerprint density at radius 1 is 0.720 bits per heavy atom. The largest absolute Gasteiger partial charge is 0.373 e.